The Morgan fingerprint density at radius 2 is 1.86 bits per heavy atom. The molecule has 2 aliphatic rings. The molecule has 0 spiro atoms. The van der Waals surface area contributed by atoms with E-state index in [1.807, 2.05) is 11.0 Å². The van der Waals surface area contributed by atoms with Crippen LogP contribution in [-0.2, 0) is 9.53 Å². The summed E-state index contributed by atoms with van der Waals surface area (Å²) in [5.74, 6) is 0.0911. The third-order valence-electron chi connectivity index (χ3n) is 5.73. The Morgan fingerprint density at radius 3 is 2.52 bits per heavy atom. The quantitative estimate of drug-likeness (QED) is 0.427. The van der Waals surface area contributed by atoms with E-state index in [1.54, 1.807) is 12.1 Å². The lowest BCUT2D eigenvalue weighted by Crippen LogP contribution is -2.46. The second-order valence-corrected chi connectivity index (χ2v) is 8.17. The number of morpholine rings is 1. The number of nitrogens with zero attached hydrogens (tertiary/aromatic N) is 3. The van der Waals surface area contributed by atoms with Crippen LogP contribution in [0.3, 0.4) is 0 Å². The summed E-state index contributed by atoms with van der Waals surface area (Å²) in [5, 5.41) is 14.3. The number of anilines is 1. The summed E-state index contributed by atoms with van der Waals surface area (Å²) in [4.78, 5) is 27.8. The molecule has 2 heterocycles. The monoisotopic (exact) mass is 404 g/mol. The number of amides is 1. The number of nitro groups is 1. The zero-order chi connectivity index (χ0) is 20.8. The third-order valence-corrected chi connectivity index (χ3v) is 5.73. The highest BCUT2D eigenvalue weighted by Gasteiger charge is 2.28. The first-order chi connectivity index (χ1) is 13.9. The van der Waals surface area contributed by atoms with Crippen molar-refractivity contribution in [1.82, 2.24) is 10.2 Å². The summed E-state index contributed by atoms with van der Waals surface area (Å²) < 4.78 is 5.75. The molecule has 2 fully saturated rings. The number of rotatable bonds is 7. The largest absolute Gasteiger partial charge is 0.373 e. The van der Waals surface area contributed by atoms with E-state index in [-0.39, 0.29) is 34.6 Å². The minimum absolute atomic E-state index is 0.0163. The number of carbonyl (C=O) groups is 1. The van der Waals surface area contributed by atoms with Gasteiger partial charge in [0.1, 0.15) is 5.69 Å². The van der Waals surface area contributed by atoms with E-state index in [1.165, 1.54) is 6.07 Å². The Hall–Kier alpha value is -2.19. The first kappa shape index (κ1) is 21.5. The Bertz CT molecular complexity index is 696. The predicted molar refractivity (Wildman–Crippen MR) is 112 cm³/mol. The van der Waals surface area contributed by atoms with Gasteiger partial charge in [0, 0.05) is 51.3 Å². The molecule has 1 N–H and O–H groups in total. The molecule has 0 aromatic heterocycles. The van der Waals surface area contributed by atoms with Crippen LogP contribution in [-0.4, -0.2) is 67.2 Å². The fourth-order valence-corrected chi connectivity index (χ4v) is 4.39. The van der Waals surface area contributed by atoms with Gasteiger partial charge in [-0.25, -0.2) is 0 Å². The SMILES string of the molecule is CC1CN(CCCNC(=O)C2CCN(c3ccccc3[N+](=O)[O-])CC2)CC(C)O1. The molecule has 1 aromatic carbocycles. The fourth-order valence-electron chi connectivity index (χ4n) is 4.39. The second-order valence-electron chi connectivity index (χ2n) is 8.17. The van der Waals surface area contributed by atoms with Gasteiger partial charge in [-0.15, -0.1) is 0 Å². The van der Waals surface area contributed by atoms with Crippen LogP contribution in [0.15, 0.2) is 24.3 Å². The average Bonchev–Trinajstić information content (AvgIpc) is 2.70. The Morgan fingerprint density at radius 1 is 1.21 bits per heavy atom. The van der Waals surface area contributed by atoms with Crippen LogP contribution in [0, 0.1) is 16.0 Å². The summed E-state index contributed by atoms with van der Waals surface area (Å²) in [7, 11) is 0. The van der Waals surface area contributed by atoms with Crippen molar-refractivity contribution >= 4 is 17.3 Å². The number of nitrogens with one attached hydrogen (secondary N) is 1. The third kappa shape index (κ3) is 5.90. The molecule has 0 radical (unpaired) electrons. The van der Waals surface area contributed by atoms with Crippen LogP contribution in [0.1, 0.15) is 33.1 Å². The van der Waals surface area contributed by atoms with Gasteiger partial charge in [-0.1, -0.05) is 12.1 Å². The molecule has 3 rings (SSSR count). The molecule has 2 saturated heterocycles. The Kier molecular flexibility index (Phi) is 7.44. The number of para-hydroxylation sites is 2. The van der Waals surface area contributed by atoms with E-state index >= 15 is 0 Å². The molecule has 2 aliphatic heterocycles. The lowest BCUT2D eigenvalue weighted by atomic mass is 9.95. The van der Waals surface area contributed by atoms with Gasteiger partial charge in [-0.05, 0) is 39.2 Å². The minimum atomic E-state index is -0.343. The summed E-state index contributed by atoms with van der Waals surface area (Å²) >= 11 is 0. The number of benzene rings is 1. The van der Waals surface area contributed by atoms with E-state index < -0.39 is 0 Å². The smallest absolute Gasteiger partial charge is 0.292 e. The maximum atomic E-state index is 12.5. The number of ether oxygens (including phenoxy) is 1. The van der Waals surface area contributed by atoms with Crippen molar-refractivity contribution in [3.63, 3.8) is 0 Å². The molecule has 2 unspecified atom stereocenters. The second kappa shape index (κ2) is 10.0. The van der Waals surface area contributed by atoms with Crippen molar-refractivity contribution in [1.29, 1.82) is 0 Å². The molecule has 29 heavy (non-hydrogen) atoms. The molecule has 1 amide bonds. The average molecular weight is 405 g/mol. The Labute approximate surface area is 172 Å². The number of piperidine rings is 1. The highest BCUT2D eigenvalue weighted by Crippen LogP contribution is 2.31. The van der Waals surface area contributed by atoms with Crippen molar-refractivity contribution in [2.24, 2.45) is 5.92 Å². The maximum absolute atomic E-state index is 12.5. The first-order valence-electron chi connectivity index (χ1n) is 10.6. The van der Waals surface area contributed by atoms with Gasteiger partial charge in [0.2, 0.25) is 5.91 Å². The maximum Gasteiger partial charge on any atom is 0.292 e. The molecule has 8 nitrogen and oxygen atoms in total. The van der Waals surface area contributed by atoms with Crippen LogP contribution >= 0.6 is 0 Å². The summed E-state index contributed by atoms with van der Waals surface area (Å²) in [6.45, 7) is 9.06. The first-order valence-corrected chi connectivity index (χ1v) is 10.6. The molecule has 2 atom stereocenters. The molecular formula is C21H32N4O4. The van der Waals surface area contributed by atoms with Crippen LogP contribution in [0.4, 0.5) is 11.4 Å². The normalized spacial score (nSPS) is 23.7. The molecular weight excluding hydrogens is 372 g/mol. The molecule has 160 valence electrons. The molecule has 8 heteroatoms. The van der Waals surface area contributed by atoms with Crippen LogP contribution in [0.25, 0.3) is 0 Å². The summed E-state index contributed by atoms with van der Waals surface area (Å²) in [6, 6.07) is 6.81. The summed E-state index contributed by atoms with van der Waals surface area (Å²) in [6.07, 6.45) is 2.89. The van der Waals surface area contributed by atoms with Crippen molar-refractivity contribution in [2.45, 2.75) is 45.3 Å². The van der Waals surface area contributed by atoms with Gasteiger partial charge in [0.25, 0.3) is 5.69 Å². The van der Waals surface area contributed by atoms with Gasteiger partial charge in [0.15, 0.2) is 0 Å². The van der Waals surface area contributed by atoms with Gasteiger partial charge in [0.05, 0.1) is 17.1 Å². The van der Waals surface area contributed by atoms with Gasteiger partial charge >= 0.3 is 0 Å². The number of nitro benzene ring substituents is 1. The number of carbonyl (C=O) groups excluding carboxylic acids is 1. The van der Waals surface area contributed by atoms with E-state index in [0.29, 0.717) is 25.3 Å². The fraction of sp³-hybridized carbons (Fsp3) is 0.667. The lowest BCUT2D eigenvalue weighted by Gasteiger charge is -2.35. The van der Waals surface area contributed by atoms with Crippen molar-refractivity contribution in [2.75, 3.05) is 44.2 Å². The van der Waals surface area contributed by atoms with Crippen molar-refractivity contribution < 1.29 is 14.5 Å². The number of hydrogen-bond acceptors (Lipinski definition) is 6. The predicted octanol–water partition coefficient (Wildman–Crippen LogP) is 2.43. The topological polar surface area (TPSA) is 88.0 Å². The number of hydrogen-bond donors (Lipinski definition) is 1. The van der Waals surface area contributed by atoms with Crippen LogP contribution in [0.2, 0.25) is 0 Å². The highest BCUT2D eigenvalue weighted by molar-refractivity contribution is 5.79. The van der Waals surface area contributed by atoms with Crippen LogP contribution in [0.5, 0.6) is 0 Å². The van der Waals surface area contributed by atoms with E-state index in [4.69, 9.17) is 4.74 Å². The molecule has 1 aromatic rings. The van der Waals surface area contributed by atoms with Gasteiger partial charge < -0.3 is 15.0 Å². The van der Waals surface area contributed by atoms with Crippen molar-refractivity contribution in [3.8, 4) is 0 Å². The van der Waals surface area contributed by atoms with E-state index in [9.17, 15) is 14.9 Å². The standard InChI is InChI=1S/C21H32N4O4/c1-16-14-23(15-17(2)29-16)11-5-10-22-21(26)18-8-12-24(13-9-18)19-6-3-4-7-20(19)25(27)28/h3-4,6-7,16-18H,5,8-15H2,1-2H3,(H,22,26). The molecule has 0 aliphatic carbocycles. The van der Waals surface area contributed by atoms with Crippen molar-refractivity contribution in [3.05, 3.63) is 34.4 Å². The minimum Gasteiger partial charge on any atom is -0.373 e. The highest BCUT2D eigenvalue weighted by atomic mass is 16.6. The molecule has 0 saturated carbocycles. The van der Waals surface area contributed by atoms with Crippen LogP contribution < -0.4 is 10.2 Å². The van der Waals surface area contributed by atoms with E-state index in [0.717, 1.165) is 38.9 Å². The zero-order valence-electron chi connectivity index (χ0n) is 17.4. The molecule has 0 bridgehead atoms. The summed E-state index contributed by atoms with van der Waals surface area (Å²) in [5.41, 5.74) is 0.771. The lowest BCUT2D eigenvalue weighted by molar-refractivity contribution is -0.384. The van der Waals surface area contributed by atoms with Gasteiger partial charge in [-0.2, -0.15) is 0 Å². The van der Waals surface area contributed by atoms with E-state index in [2.05, 4.69) is 24.1 Å². The Balaban J connectivity index is 1.39. The zero-order valence-corrected chi connectivity index (χ0v) is 17.4. The van der Waals surface area contributed by atoms with Gasteiger partial charge in [-0.3, -0.25) is 19.8 Å².